The van der Waals surface area contributed by atoms with Crippen molar-refractivity contribution in [3.63, 3.8) is 0 Å². The summed E-state index contributed by atoms with van der Waals surface area (Å²) >= 11 is 0. The topological polar surface area (TPSA) is 55.9 Å². The summed E-state index contributed by atoms with van der Waals surface area (Å²) < 4.78 is 0. The Morgan fingerprint density at radius 2 is 1.66 bits per heavy atom. The molecule has 0 aliphatic carbocycles. The van der Waals surface area contributed by atoms with E-state index in [4.69, 9.17) is 0 Å². The molecule has 2 aliphatic heterocycles. The van der Waals surface area contributed by atoms with Gasteiger partial charge in [-0.05, 0) is 37.6 Å². The summed E-state index contributed by atoms with van der Waals surface area (Å²) in [5.41, 5.74) is 4.05. The maximum absolute atomic E-state index is 13.2. The van der Waals surface area contributed by atoms with E-state index in [9.17, 15) is 9.59 Å². The average molecular weight is 393 g/mol. The fourth-order valence-corrected chi connectivity index (χ4v) is 4.30. The van der Waals surface area contributed by atoms with E-state index in [0.717, 1.165) is 31.9 Å². The predicted molar refractivity (Wildman–Crippen MR) is 116 cm³/mol. The van der Waals surface area contributed by atoms with Crippen molar-refractivity contribution in [1.29, 1.82) is 0 Å². The number of piperazine rings is 1. The van der Waals surface area contributed by atoms with Crippen LogP contribution in [0.25, 0.3) is 0 Å². The molecule has 2 amide bonds. The van der Waals surface area contributed by atoms with Gasteiger partial charge in [0.15, 0.2) is 0 Å². The fraction of sp³-hybridized carbons (Fsp3) is 0.391. The third kappa shape index (κ3) is 4.12. The number of rotatable bonds is 3. The minimum absolute atomic E-state index is 0.0470. The first kappa shape index (κ1) is 19.5. The van der Waals surface area contributed by atoms with E-state index >= 15 is 0 Å². The molecule has 1 N–H and O–H groups in total. The highest BCUT2D eigenvalue weighted by Gasteiger charge is 2.31. The Balaban J connectivity index is 1.43. The van der Waals surface area contributed by atoms with Gasteiger partial charge in [0, 0.05) is 44.3 Å². The minimum atomic E-state index is -0.167. The zero-order chi connectivity index (χ0) is 20.4. The zero-order valence-electron chi connectivity index (χ0n) is 17.1. The number of carbonyl (C=O) groups is 2. The lowest BCUT2D eigenvalue weighted by molar-refractivity contribution is -0.120. The highest BCUT2D eigenvalue weighted by molar-refractivity contribution is 6.04. The molecule has 0 saturated carbocycles. The van der Waals surface area contributed by atoms with Gasteiger partial charge >= 0.3 is 0 Å². The van der Waals surface area contributed by atoms with E-state index in [-0.39, 0.29) is 17.9 Å². The number of carbonyl (C=O) groups excluding carboxylic acids is 2. The van der Waals surface area contributed by atoms with Crippen molar-refractivity contribution < 1.29 is 9.59 Å². The van der Waals surface area contributed by atoms with Crippen molar-refractivity contribution >= 4 is 28.9 Å². The highest BCUT2D eigenvalue weighted by atomic mass is 16.2. The van der Waals surface area contributed by atoms with Crippen LogP contribution in [0, 0.1) is 6.92 Å². The first-order chi connectivity index (χ1) is 14.0. The van der Waals surface area contributed by atoms with Crippen LogP contribution in [-0.2, 0) is 9.59 Å². The van der Waals surface area contributed by atoms with Crippen LogP contribution in [0.2, 0.25) is 0 Å². The van der Waals surface area contributed by atoms with E-state index < -0.39 is 0 Å². The molecule has 0 spiro atoms. The number of amides is 2. The van der Waals surface area contributed by atoms with Crippen LogP contribution in [0.15, 0.2) is 48.5 Å². The number of hydrogen-bond acceptors (Lipinski definition) is 4. The van der Waals surface area contributed by atoms with E-state index in [1.165, 1.54) is 11.3 Å². The summed E-state index contributed by atoms with van der Waals surface area (Å²) in [6.45, 7) is 7.96. The standard InChI is InChI=1S/C23H28N4O2/c1-17-7-3-5-9-20(17)26-13-11-25(12-14-26)16-23(29)27-18(2)15-22(28)24-19-8-4-6-10-21(19)27/h3-10,18H,11-16H2,1-2H3,(H,24,28)/t18-/m0/s1. The van der Waals surface area contributed by atoms with E-state index in [1.54, 1.807) is 4.90 Å². The van der Waals surface area contributed by atoms with Crippen LogP contribution in [0.5, 0.6) is 0 Å². The van der Waals surface area contributed by atoms with Crippen molar-refractivity contribution in [2.75, 3.05) is 47.8 Å². The first-order valence-corrected chi connectivity index (χ1v) is 10.3. The van der Waals surface area contributed by atoms with Gasteiger partial charge in [0.25, 0.3) is 0 Å². The van der Waals surface area contributed by atoms with Crippen molar-refractivity contribution in [2.24, 2.45) is 0 Å². The average Bonchev–Trinajstić information content (AvgIpc) is 2.83. The first-order valence-electron chi connectivity index (χ1n) is 10.3. The van der Waals surface area contributed by atoms with Crippen molar-refractivity contribution in [1.82, 2.24) is 4.90 Å². The Morgan fingerprint density at radius 1 is 1.00 bits per heavy atom. The Morgan fingerprint density at radius 3 is 2.38 bits per heavy atom. The molecular weight excluding hydrogens is 364 g/mol. The van der Waals surface area contributed by atoms with Crippen LogP contribution < -0.4 is 15.1 Å². The summed E-state index contributed by atoms with van der Waals surface area (Å²) in [7, 11) is 0. The van der Waals surface area contributed by atoms with E-state index in [1.807, 2.05) is 31.2 Å². The molecule has 1 atom stereocenters. The molecule has 0 bridgehead atoms. The number of hydrogen-bond donors (Lipinski definition) is 1. The van der Waals surface area contributed by atoms with E-state index in [2.05, 4.69) is 46.3 Å². The molecule has 0 radical (unpaired) electrons. The summed E-state index contributed by atoms with van der Waals surface area (Å²) in [4.78, 5) is 31.8. The number of benzene rings is 2. The molecule has 4 rings (SSSR count). The van der Waals surface area contributed by atoms with Gasteiger partial charge in [-0.25, -0.2) is 0 Å². The Hall–Kier alpha value is -2.86. The van der Waals surface area contributed by atoms with Gasteiger partial charge in [0.2, 0.25) is 11.8 Å². The molecule has 2 aliphatic rings. The lowest BCUT2D eigenvalue weighted by Gasteiger charge is -2.37. The van der Waals surface area contributed by atoms with Gasteiger partial charge in [-0.15, -0.1) is 0 Å². The number of nitrogens with zero attached hydrogens (tertiary/aromatic N) is 3. The quantitative estimate of drug-likeness (QED) is 0.873. The zero-order valence-corrected chi connectivity index (χ0v) is 17.1. The van der Waals surface area contributed by atoms with Gasteiger partial charge in [0.05, 0.1) is 17.9 Å². The smallest absolute Gasteiger partial charge is 0.241 e. The molecule has 1 saturated heterocycles. The molecule has 2 aromatic rings. The predicted octanol–water partition coefficient (Wildman–Crippen LogP) is 2.88. The molecule has 6 nitrogen and oxygen atoms in total. The van der Waals surface area contributed by atoms with Crippen molar-refractivity contribution in [2.45, 2.75) is 26.3 Å². The Labute approximate surface area is 172 Å². The number of aryl methyl sites for hydroxylation is 1. The minimum Gasteiger partial charge on any atom is -0.369 e. The summed E-state index contributed by atoms with van der Waals surface area (Å²) in [5.74, 6) is -0.00196. The van der Waals surface area contributed by atoms with Gasteiger partial charge in [-0.2, -0.15) is 0 Å². The van der Waals surface area contributed by atoms with Crippen molar-refractivity contribution in [3.8, 4) is 0 Å². The second-order valence-electron chi connectivity index (χ2n) is 7.93. The molecule has 0 unspecified atom stereocenters. The van der Waals surface area contributed by atoms with Gasteiger partial charge < -0.3 is 15.1 Å². The largest absolute Gasteiger partial charge is 0.369 e. The SMILES string of the molecule is Cc1ccccc1N1CCN(CC(=O)N2c3ccccc3NC(=O)C[C@@H]2C)CC1. The maximum atomic E-state index is 13.2. The molecular formula is C23H28N4O2. The molecule has 2 heterocycles. The van der Waals surface area contributed by atoms with Crippen LogP contribution in [0.1, 0.15) is 18.9 Å². The van der Waals surface area contributed by atoms with Crippen molar-refractivity contribution in [3.05, 3.63) is 54.1 Å². The van der Waals surface area contributed by atoms with Gasteiger partial charge in [0.1, 0.15) is 0 Å². The number of anilines is 3. The third-order valence-electron chi connectivity index (χ3n) is 5.82. The lowest BCUT2D eigenvalue weighted by atomic mass is 10.1. The molecule has 1 fully saturated rings. The van der Waals surface area contributed by atoms with Gasteiger partial charge in [-0.3, -0.25) is 14.5 Å². The fourth-order valence-electron chi connectivity index (χ4n) is 4.30. The monoisotopic (exact) mass is 392 g/mol. The normalized spacial score (nSPS) is 20.1. The molecule has 2 aromatic carbocycles. The second-order valence-corrected chi connectivity index (χ2v) is 7.93. The number of nitrogens with one attached hydrogen (secondary N) is 1. The number of para-hydroxylation sites is 3. The third-order valence-corrected chi connectivity index (χ3v) is 5.82. The van der Waals surface area contributed by atoms with Crippen LogP contribution in [0.4, 0.5) is 17.1 Å². The van der Waals surface area contributed by atoms with E-state index in [0.29, 0.717) is 18.7 Å². The lowest BCUT2D eigenvalue weighted by Crippen LogP contribution is -2.51. The Bertz CT molecular complexity index is 905. The summed E-state index contributed by atoms with van der Waals surface area (Å²) in [6, 6.07) is 15.8. The molecule has 152 valence electrons. The molecule has 0 aromatic heterocycles. The second kappa shape index (κ2) is 8.25. The van der Waals surface area contributed by atoms with Gasteiger partial charge in [-0.1, -0.05) is 30.3 Å². The highest BCUT2D eigenvalue weighted by Crippen LogP contribution is 2.31. The summed E-state index contributed by atoms with van der Waals surface area (Å²) in [5, 5.41) is 2.92. The van der Waals surface area contributed by atoms with Crippen LogP contribution in [0.3, 0.4) is 0 Å². The summed E-state index contributed by atoms with van der Waals surface area (Å²) in [6.07, 6.45) is 0.307. The van der Waals surface area contributed by atoms with Crippen LogP contribution >= 0.6 is 0 Å². The molecule has 6 heteroatoms. The Kier molecular flexibility index (Phi) is 5.53. The van der Waals surface area contributed by atoms with Crippen LogP contribution in [-0.4, -0.2) is 55.5 Å². The number of fused-ring (bicyclic) bond motifs is 1. The maximum Gasteiger partial charge on any atom is 0.241 e. The molecule has 29 heavy (non-hydrogen) atoms.